The van der Waals surface area contributed by atoms with Crippen LogP contribution in [-0.2, 0) is 0 Å². The van der Waals surface area contributed by atoms with Crippen molar-refractivity contribution in [2.75, 3.05) is 0 Å². The lowest BCUT2D eigenvalue weighted by molar-refractivity contribution is 0.0892. The Labute approximate surface area is 536 Å². The van der Waals surface area contributed by atoms with E-state index >= 15 is 0 Å². The fourth-order valence-electron chi connectivity index (χ4n) is 15.2. The first-order valence-electron chi connectivity index (χ1n) is 39.7. The average molecular weight is 1180 g/mol. The van der Waals surface area contributed by atoms with Crippen molar-refractivity contribution in [2.24, 2.45) is 105 Å². The van der Waals surface area contributed by atoms with Gasteiger partial charge in [0.2, 0.25) is 0 Å². The van der Waals surface area contributed by atoms with Gasteiger partial charge >= 0.3 is 0 Å². The monoisotopic (exact) mass is 1180 g/mol. The molecule has 0 radical (unpaired) electrons. The van der Waals surface area contributed by atoms with E-state index in [2.05, 4.69) is 152 Å². The number of hydrogen-bond acceptors (Lipinski definition) is 0. The second-order valence-corrected chi connectivity index (χ2v) is 35.1. The molecule has 0 heterocycles. The minimum absolute atomic E-state index is 0.681. The summed E-state index contributed by atoms with van der Waals surface area (Å²) in [6, 6.07) is 0. The molecule has 0 spiro atoms. The highest BCUT2D eigenvalue weighted by molar-refractivity contribution is 4.85. The maximum absolute atomic E-state index is 2.39. The first kappa shape index (κ1) is 82.0. The zero-order chi connectivity index (χ0) is 63.2. The molecule has 0 saturated heterocycles. The van der Waals surface area contributed by atoms with Crippen molar-refractivity contribution in [1.82, 2.24) is 0 Å². The highest BCUT2D eigenvalue weighted by Crippen LogP contribution is 2.46. The van der Waals surface area contributed by atoms with Crippen molar-refractivity contribution in [2.45, 2.75) is 435 Å². The summed E-state index contributed by atoms with van der Waals surface area (Å²) in [5.41, 5.74) is 2.90. The van der Waals surface area contributed by atoms with Crippen LogP contribution in [-0.4, -0.2) is 0 Å². The zero-order valence-corrected chi connectivity index (χ0v) is 63.2. The van der Waals surface area contributed by atoms with Crippen molar-refractivity contribution in [3.8, 4) is 0 Å². The molecule has 0 aromatic carbocycles. The van der Waals surface area contributed by atoms with Crippen LogP contribution >= 0.6 is 0 Å². The van der Waals surface area contributed by atoms with Gasteiger partial charge in [-0.3, -0.25) is 0 Å². The summed E-state index contributed by atoms with van der Waals surface area (Å²) in [5.74, 6) is 14.6. The molecule has 0 bridgehead atoms. The lowest BCUT2D eigenvalue weighted by atomic mass is 9.64. The fraction of sp³-hybridized carbons (Fsp3) is 1.00. The third-order valence-corrected chi connectivity index (χ3v) is 25.9. The minimum atomic E-state index is 0.681. The summed E-state index contributed by atoms with van der Waals surface area (Å²) in [4.78, 5) is 0. The Balaban J connectivity index is 0.000000458. The molecule has 84 heavy (non-hydrogen) atoms. The molecule has 0 aromatic rings. The molecule has 0 aromatic heterocycles. The minimum Gasteiger partial charge on any atom is -0.0654 e. The molecule has 504 valence electrons. The Morgan fingerprint density at radius 2 is 0.774 bits per heavy atom. The molecule has 7 atom stereocenters. The molecular formula is C84H168. The largest absolute Gasteiger partial charge is 0.0654 e. The van der Waals surface area contributed by atoms with Gasteiger partial charge in [0, 0.05) is 0 Å². The van der Waals surface area contributed by atoms with Crippen LogP contribution in [0.2, 0.25) is 0 Å². The second kappa shape index (κ2) is 46.1. The van der Waals surface area contributed by atoms with Gasteiger partial charge in [0.15, 0.2) is 0 Å². The van der Waals surface area contributed by atoms with E-state index in [4.69, 9.17) is 0 Å². The Hall–Kier alpha value is 0. The molecule has 0 aliphatic heterocycles. The third-order valence-electron chi connectivity index (χ3n) is 25.9. The molecule has 0 nitrogen and oxygen atoms in total. The molecule has 0 N–H and O–H groups in total. The first-order valence-corrected chi connectivity index (χ1v) is 39.7. The van der Waals surface area contributed by atoms with Gasteiger partial charge in [-0.2, -0.15) is 0 Å². The molecule has 0 heteroatoms. The van der Waals surface area contributed by atoms with Gasteiger partial charge < -0.3 is 0 Å². The van der Waals surface area contributed by atoms with Crippen molar-refractivity contribution >= 4 is 0 Å². The molecule has 12 saturated carbocycles. The molecule has 12 aliphatic carbocycles. The van der Waals surface area contributed by atoms with Crippen LogP contribution in [0.4, 0.5) is 0 Å². The van der Waals surface area contributed by atoms with Gasteiger partial charge in [-0.25, -0.2) is 0 Å². The fourth-order valence-corrected chi connectivity index (χ4v) is 15.2. The summed E-state index contributed by atoms with van der Waals surface area (Å²) >= 11 is 0. The Morgan fingerprint density at radius 3 is 0.881 bits per heavy atom. The smallest absolute Gasteiger partial charge is 0.0328 e. The van der Waals surface area contributed by atoms with E-state index in [1.54, 1.807) is 0 Å². The van der Waals surface area contributed by atoms with Gasteiger partial charge in [0.25, 0.3) is 0 Å². The molecule has 12 aliphatic rings. The summed E-state index contributed by atoms with van der Waals surface area (Å²) < 4.78 is 0. The van der Waals surface area contributed by atoms with Crippen molar-refractivity contribution < 1.29 is 0 Å². The van der Waals surface area contributed by atoms with Gasteiger partial charge in [-0.15, -0.1) is 0 Å². The van der Waals surface area contributed by atoms with Gasteiger partial charge in [0.05, 0.1) is 0 Å². The Morgan fingerprint density at radius 1 is 0.333 bits per heavy atom. The predicted octanol–water partition coefficient (Wildman–Crippen LogP) is 30.2. The van der Waals surface area contributed by atoms with E-state index in [9.17, 15) is 0 Å². The first-order chi connectivity index (χ1) is 39.7. The van der Waals surface area contributed by atoms with Gasteiger partial charge in [-0.1, -0.05) is 358 Å². The highest BCUT2D eigenvalue weighted by Gasteiger charge is 2.34. The van der Waals surface area contributed by atoms with E-state index in [1.807, 2.05) is 0 Å². The van der Waals surface area contributed by atoms with Crippen LogP contribution in [0.15, 0.2) is 0 Å². The zero-order valence-electron chi connectivity index (χ0n) is 63.2. The van der Waals surface area contributed by atoms with E-state index in [0.717, 1.165) is 93.7 Å². The summed E-state index contributed by atoms with van der Waals surface area (Å²) in [5, 5.41) is 0. The molecule has 0 amide bonds. The van der Waals surface area contributed by atoms with Crippen LogP contribution in [0.3, 0.4) is 0 Å². The molecule has 3 unspecified atom stereocenters. The molecule has 12 fully saturated rings. The van der Waals surface area contributed by atoms with E-state index in [-0.39, 0.29) is 0 Å². The maximum atomic E-state index is 2.39. The average Bonchev–Trinajstić information content (AvgIpc) is 4.40. The van der Waals surface area contributed by atoms with Crippen molar-refractivity contribution in [3.63, 3.8) is 0 Å². The summed E-state index contributed by atoms with van der Waals surface area (Å²) in [7, 11) is 0. The van der Waals surface area contributed by atoms with Crippen LogP contribution in [0, 0.1) is 105 Å². The van der Waals surface area contributed by atoms with E-state index < -0.39 is 0 Å². The van der Waals surface area contributed by atoms with Crippen molar-refractivity contribution in [1.29, 1.82) is 0 Å². The second-order valence-electron chi connectivity index (χ2n) is 35.1. The quantitative estimate of drug-likeness (QED) is 0.227. The van der Waals surface area contributed by atoms with Crippen molar-refractivity contribution in [3.05, 3.63) is 0 Å². The standard InChI is InChI=1S/12C7H14/c1-6-4-5-7(6,2)3;1-6-3-4-7(2)5-6;1-7(2)5-3-4-6-7;1-6-4-3-5-7(6)2;1-6(2)7-4-3-5-7;1-7-5-3-2-4-6-7;1-3-7-4-6(2)5-7;2*1-3-7(2)5-4-6-7;1-3-7-5-4-6(7)2;1-2-7-5-3-4-6-7;1-2-4-7-5-3-6-7/h6H,4-5H2,1-3H3;6-7H,3-5H2,1-2H3;3-6H2,1-2H3;2*6-7H,3-5H2,1-2H3;7H,2-6H2,1H3;6-7H,3-5H2,1-2H3;2*3-6H2,1-2H3;6-7H,3-5H2,1-2H3;2*7H,2-6H2,1H3/t6-;6-,7?;;6-,7?;;;;;;6-,7?;;/m01.1.....0../s1. The molecule has 12 rings (SSSR count). The Bertz CT molecular complexity index is 1360. The Kier molecular flexibility index (Phi) is 45.0. The highest BCUT2D eigenvalue weighted by atomic mass is 14.4. The normalized spacial score (nSPS) is 31.4. The van der Waals surface area contributed by atoms with Crippen LogP contribution in [0.25, 0.3) is 0 Å². The third kappa shape index (κ3) is 38.0. The number of rotatable bonds is 8. The van der Waals surface area contributed by atoms with E-state index in [1.165, 1.54) is 283 Å². The van der Waals surface area contributed by atoms with E-state index in [0.29, 0.717) is 10.8 Å². The number of hydrogen-bond donors (Lipinski definition) is 0. The summed E-state index contributed by atoms with van der Waals surface area (Å²) in [6.45, 7) is 51.4. The SMILES string of the molecule is CC(C)C1CCC1.CC1(C)CCCC1.CC1CCCCC1.CC1CCC[C@H]1C.CC1CC[C@@H](C)C1.CCC1(C)CCC1.CCC1(C)CCC1.CCC1CC(C)C1.CCC1CCCC1.CCC1CC[C@@H]1C.CCCC1CCC1.C[C@H]1CCC1(C)C. The van der Waals surface area contributed by atoms with Crippen LogP contribution in [0.1, 0.15) is 435 Å². The lowest BCUT2D eigenvalue weighted by Crippen LogP contribution is -2.31. The topological polar surface area (TPSA) is 0 Å². The van der Waals surface area contributed by atoms with Gasteiger partial charge in [0.1, 0.15) is 0 Å². The van der Waals surface area contributed by atoms with Crippen LogP contribution < -0.4 is 0 Å². The lowest BCUT2D eigenvalue weighted by Gasteiger charge is -2.42. The predicted molar refractivity (Wildman–Crippen MR) is 387 cm³/mol. The van der Waals surface area contributed by atoms with Gasteiger partial charge in [-0.05, 0) is 182 Å². The maximum Gasteiger partial charge on any atom is -0.0328 e. The molecular weight excluding hydrogens is 1010 g/mol. The van der Waals surface area contributed by atoms with Crippen LogP contribution in [0.5, 0.6) is 0 Å². The summed E-state index contributed by atoms with van der Waals surface area (Å²) in [6.07, 6.45) is 64.8.